The summed E-state index contributed by atoms with van der Waals surface area (Å²) in [6.45, 7) is 3.25. The molecule has 0 saturated carbocycles. The molecule has 0 aliphatic carbocycles. The summed E-state index contributed by atoms with van der Waals surface area (Å²) in [5.41, 5.74) is 0. The van der Waals surface area contributed by atoms with Crippen LogP contribution in [0, 0.1) is 11.3 Å². The van der Waals surface area contributed by atoms with Gasteiger partial charge in [0, 0.05) is 26.6 Å². The van der Waals surface area contributed by atoms with Crippen LogP contribution in [0.25, 0.3) is 0 Å². The molecular weight excluding hydrogens is 232 g/mol. The van der Waals surface area contributed by atoms with E-state index in [1.165, 1.54) is 0 Å². The van der Waals surface area contributed by atoms with Crippen LogP contribution in [-0.2, 0) is 11.2 Å². The highest BCUT2D eigenvalue weighted by Crippen LogP contribution is 2.11. The summed E-state index contributed by atoms with van der Waals surface area (Å²) in [6.07, 6.45) is 1.06. The first-order valence-corrected chi connectivity index (χ1v) is 5.96. The van der Waals surface area contributed by atoms with Gasteiger partial charge in [-0.1, -0.05) is 6.92 Å². The number of hydrogen-bond donors (Lipinski definition) is 0. The van der Waals surface area contributed by atoms with Gasteiger partial charge in [0.2, 0.25) is 0 Å². The predicted molar refractivity (Wildman–Crippen MR) is 66.1 cm³/mol. The summed E-state index contributed by atoms with van der Waals surface area (Å²) in [4.78, 5) is 13.7. The van der Waals surface area contributed by atoms with E-state index in [1.807, 2.05) is 13.0 Å². The molecule has 0 bridgehead atoms. The lowest BCUT2D eigenvalue weighted by atomic mass is 10.3. The topological polar surface area (TPSA) is 66.5 Å². The van der Waals surface area contributed by atoms with Gasteiger partial charge in [-0.05, 0) is 12.1 Å². The lowest BCUT2D eigenvalue weighted by molar-refractivity contribution is 0.0667. The number of nitrogens with zero attached hydrogens (tertiary/aromatic N) is 2. The molecule has 5 heteroatoms. The fraction of sp³-hybridized carbons (Fsp3) is 0.538. The van der Waals surface area contributed by atoms with E-state index in [9.17, 15) is 4.79 Å². The van der Waals surface area contributed by atoms with Crippen molar-refractivity contribution in [2.45, 2.75) is 19.8 Å². The van der Waals surface area contributed by atoms with E-state index < -0.39 is 0 Å². The zero-order chi connectivity index (χ0) is 13.4. The van der Waals surface area contributed by atoms with Crippen LogP contribution in [0.2, 0.25) is 0 Å². The number of carbonyl (C=O) groups excluding carboxylic acids is 1. The van der Waals surface area contributed by atoms with Crippen molar-refractivity contribution in [3.63, 3.8) is 0 Å². The molecule has 1 heterocycles. The van der Waals surface area contributed by atoms with E-state index in [0.717, 1.165) is 12.2 Å². The molecule has 0 N–H and O–H groups in total. The first kappa shape index (κ1) is 14.3. The number of aryl methyl sites for hydroxylation is 1. The maximum atomic E-state index is 12.2. The van der Waals surface area contributed by atoms with Crippen molar-refractivity contribution in [1.29, 1.82) is 5.26 Å². The first-order valence-electron chi connectivity index (χ1n) is 5.96. The molecule has 1 amide bonds. The number of nitriles is 1. The molecule has 1 aromatic rings. The molecule has 18 heavy (non-hydrogen) atoms. The molecule has 0 unspecified atom stereocenters. The van der Waals surface area contributed by atoms with Crippen LogP contribution in [0.3, 0.4) is 0 Å². The summed E-state index contributed by atoms with van der Waals surface area (Å²) in [7, 11) is 1.58. The molecule has 98 valence electrons. The van der Waals surface area contributed by atoms with Crippen molar-refractivity contribution in [3.8, 4) is 6.07 Å². The molecule has 0 aliphatic heterocycles. The summed E-state index contributed by atoms with van der Waals surface area (Å²) >= 11 is 0. The van der Waals surface area contributed by atoms with Gasteiger partial charge in [-0.2, -0.15) is 5.26 Å². The minimum absolute atomic E-state index is 0.193. The highest BCUT2D eigenvalue weighted by atomic mass is 16.5. The predicted octanol–water partition coefficient (Wildman–Crippen LogP) is 1.84. The van der Waals surface area contributed by atoms with E-state index in [-0.39, 0.29) is 5.91 Å². The summed E-state index contributed by atoms with van der Waals surface area (Å²) in [5, 5.41) is 8.59. The van der Waals surface area contributed by atoms with E-state index in [1.54, 1.807) is 24.1 Å². The minimum Gasteiger partial charge on any atom is -0.456 e. The molecule has 1 rings (SSSR count). The molecule has 5 nitrogen and oxygen atoms in total. The maximum Gasteiger partial charge on any atom is 0.289 e. The van der Waals surface area contributed by atoms with Crippen LogP contribution in [0.5, 0.6) is 0 Å². The number of methoxy groups -OCH3 is 1. The average molecular weight is 250 g/mol. The van der Waals surface area contributed by atoms with Crippen molar-refractivity contribution >= 4 is 5.91 Å². The van der Waals surface area contributed by atoms with Crippen LogP contribution < -0.4 is 0 Å². The molecule has 0 atom stereocenters. The third kappa shape index (κ3) is 3.90. The van der Waals surface area contributed by atoms with Gasteiger partial charge in [0.05, 0.1) is 19.1 Å². The molecule has 0 spiro atoms. The smallest absolute Gasteiger partial charge is 0.289 e. The van der Waals surface area contributed by atoms with Crippen molar-refractivity contribution < 1.29 is 13.9 Å². The second-order valence-corrected chi connectivity index (χ2v) is 3.81. The Kier molecular flexibility index (Phi) is 5.95. The Labute approximate surface area is 107 Å². The SMILES string of the molecule is CCc1ccc(C(=O)N(CCC#N)CCOC)o1. The number of hydrogen-bond acceptors (Lipinski definition) is 4. The molecule has 0 aliphatic rings. The Balaban J connectivity index is 2.70. The van der Waals surface area contributed by atoms with Crippen LogP contribution in [0.1, 0.15) is 29.7 Å². The van der Waals surface area contributed by atoms with Crippen LogP contribution in [-0.4, -0.2) is 37.6 Å². The van der Waals surface area contributed by atoms with E-state index in [0.29, 0.717) is 31.9 Å². The van der Waals surface area contributed by atoms with Crippen LogP contribution >= 0.6 is 0 Å². The number of rotatable bonds is 7. The quantitative estimate of drug-likeness (QED) is 0.740. The molecule has 0 fully saturated rings. The second kappa shape index (κ2) is 7.51. The Morgan fingerprint density at radius 1 is 1.50 bits per heavy atom. The fourth-order valence-corrected chi connectivity index (χ4v) is 1.54. The third-order valence-electron chi connectivity index (χ3n) is 2.57. The Morgan fingerprint density at radius 3 is 2.83 bits per heavy atom. The highest BCUT2D eigenvalue weighted by Gasteiger charge is 2.18. The Bertz CT molecular complexity index is 420. The van der Waals surface area contributed by atoms with E-state index in [2.05, 4.69) is 0 Å². The third-order valence-corrected chi connectivity index (χ3v) is 2.57. The zero-order valence-corrected chi connectivity index (χ0v) is 10.8. The Morgan fingerprint density at radius 2 is 2.28 bits per heavy atom. The lowest BCUT2D eigenvalue weighted by Gasteiger charge is -2.19. The number of carbonyl (C=O) groups is 1. The zero-order valence-electron chi connectivity index (χ0n) is 10.8. The molecule has 0 saturated heterocycles. The summed E-state index contributed by atoms with van der Waals surface area (Å²) < 4.78 is 10.4. The van der Waals surface area contributed by atoms with E-state index >= 15 is 0 Å². The van der Waals surface area contributed by atoms with Crippen molar-refractivity contribution in [3.05, 3.63) is 23.7 Å². The number of amides is 1. The lowest BCUT2D eigenvalue weighted by Crippen LogP contribution is -2.34. The van der Waals surface area contributed by atoms with E-state index in [4.69, 9.17) is 14.4 Å². The van der Waals surface area contributed by atoms with Crippen molar-refractivity contribution in [2.24, 2.45) is 0 Å². The summed E-state index contributed by atoms with van der Waals surface area (Å²) in [5.74, 6) is 0.910. The minimum atomic E-state index is -0.193. The van der Waals surface area contributed by atoms with Gasteiger partial charge >= 0.3 is 0 Å². The van der Waals surface area contributed by atoms with Crippen molar-refractivity contribution in [1.82, 2.24) is 4.90 Å². The van der Waals surface area contributed by atoms with Crippen LogP contribution in [0.15, 0.2) is 16.5 Å². The van der Waals surface area contributed by atoms with Crippen molar-refractivity contribution in [2.75, 3.05) is 26.8 Å². The molecule has 0 radical (unpaired) electrons. The molecular formula is C13H18N2O3. The fourth-order valence-electron chi connectivity index (χ4n) is 1.54. The van der Waals surface area contributed by atoms with Gasteiger partial charge in [0.15, 0.2) is 5.76 Å². The first-order chi connectivity index (χ1) is 8.72. The molecule has 1 aromatic heterocycles. The molecule has 0 aromatic carbocycles. The second-order valence-electron chi connectivity index (χ2n) is 3.81. The summed E-state index contributed by atoms with van der Waals surface area (Å²) in [6, 6.07) is 5.50. The van der Waals surface area contributed by atoms with Gasteiger partial charge in [0.25, 0.3) is 5.91 Å². The highest BCUT2D eigenvalue weighted by molar-refractivity contribution is 5.91. The number of furan rings is 1. The Hall–Kier alpha value is -1.80. The largest absolute Gasteiger partial charge is 0.456 e. The van der Waals surface area contributed by atoms with Gasteiger partial charge in [0.1, 0.15) is 5.76 Å². The van der Waals surface area contributed by atoms with Gasteiger partial charge in [-0.15, -0.1) is 0 Å². The van der Waals surface area contributed by atoms with Gasteiger partial charge < -0.3 is 14.1 Å². The number of ether oxygens (including phenoxy) is 1. The maximum absolute atomic E-state index is 12.2. The van der Waals surface area contributed by atoms with Gasteiger partial charge in [-0.3, -0.25) is 4.79 Å². The average Bonchev–Trinajstić information content (AvgIpc) is 2.87. The normalized spacial score (nSPS) is 10.1. The monoisotopic (exact) mass is 250 g/mol. The van der Waals surface area contributed by atoms with Crippen LogP contribution in [0.4, 0.5) is 0 Å². The van der Waals surface area contributed by atoms with Gasteiger partial charge in [-0.25, -0.2) is 0 Å². The standard InChI is InChI=1S/C13H18N2O3/c1-3-11-5-6-12(18-11)13(16)15(8-4-7-14)9-10-17-2/h5-6H,3-4,8-10H2,1-2H3.